The first-order valence-corrected chi connectivity index (χ1v) is 10.2. The molecular formula is C22H23N7O. The molecule has 1 atom stereocenters. The van der Waals surface area contributed by atoms with Crippen molar-refractivity contribution in [1.82, 2.24) is 34.6 Å². The Morgan fingerprint density at radius 3 is 2.67 bits per heavy atom. The highest BCUT2D eigenvalue weighted by Gasteiger charge is 2.21. The molecule has 0 bridgehead atoms. The van der Waals surface area contributed by atoms with Gasteiger partial charge in [0, 0.05) is 30.9 Å². The molecule has 30 heavy (non-hydrogen) atoms. The van der Waals surface area contributed by atoms with E-state index < -0.39 is 6.23 Å². The van der Waals surface area contributed by atoms with Crippen molar-refractivity contribution < 1.29 is 5.11 Å². The largest absolute Gasteiger partial charge is 0.372 e. The van der Waals surface area contributed by atoms with Crippen LogP contribution in [0, 0.1) is 6.92 Å². The molecule has 1 aliphatic heterocycles. The molecule has 0 aliphatic carbocycles. The predicted molar refractivity (Wildman–Crippen MR) is 113 cm³/mol. The molecule has 0 radical (unpaired) electrons. The van der Waals surface area contributed by atoms with Crippen LogP contribution in [0.2, 0.25) is 0 Å². The molecule has 152 valence electrons. The molecular weight excluding hydrogens is 378 g/mol. The molecule has 8 nitrogen and oxygen atoms in total. The van der Waals surface area contributed by atoms with Gasteiger partial charge in [-0.1, -0.05) is 12.5 Å². The Bertz CT molecular complexity index is 1180. The number of hydrogen-bond acceptors (Lipinski definition) is 7. The van der Waals surface area contributed by atoms with Crippen LogP contribution in [0.15, 0.2) is 49.1 Å². The first-order chi connectivity index (χ1) is 14.7. The van der Waals surface area contributed by atoms with Crippen LogP contribution in [0.5, 0.6) is 0 Å². The lowest BCUT2D eigenvalue weighted by molar-refractivity contribution is -0.0129. The molecule has 0 aromatic carbocycles. The van der Waals surface area contributed by atoms with Crippen LogP contribution in [-0.4, -0.2) is 52.8 Å². The number of aromatic nitrogens is 6. The van der Waals surface area contributed by atoms with E-state index in [0.717, 1.165) is 48.2 Å². The highest BCUT2D eigenvalue weighted by atomic mass is 16.3. The fourth-order valence-electron chi connectivity index (χ4n) is 3.88. The van der Waals surface area contributed by atoms with E-state index in [1.54, 1.807) is 29.5 Å². The van der Waals surface area contributed by atoms with Gasteiger partial charge in [0.1, 0.15) is 5.69 Å². The van der Waals surface area contributed by atoms with Crippen molar-refractivity contribution in [3.63, 3.8) is 0 Å². The number of aliphatic hydroxyl groups is 1. The Morgan fingerprint density at radius 2 is 1.83 bits per heavy atom. The summed E-state index contributed by atoms with van der Waals surface area (Å²) in [4.78, 5) is 20.0. The summed E-state index contributed by atoms with van der Waals surface area (Å²) in [6, 6.07) is 7.61. The topological polar surface area (TPSA) is 92.8 Å². The predicted octanol–water partition coefficient (Wildman–Crippen LogP) is 3.06. The Morgan fingerprint density at radius 1 is 0.967 bits per heavy atom. The number of aliphatic hydroxyl groups excluding tert-OH is 1. The summed E-state index contributed by atoms with van der Waals surface area (Å²) in [6.45, 7) is 3.69. The fraction of sp³-hybridized carbons (Fsp3) is 0.318. The summed E-state index contributed by atoms with van der Waals surface area (Å²) >= 11 is 0. The fourth-order valence-corrected chi connectivity index (χ4v) is 3.88. The summed E-state index contributed by atoms with van der Waals surface area (Å²) in [5.41, 5.74) is 3.79. The molecule has 1 unspecified atom stereocenters. The van der Waals surface area contributed by atoms with Gasteiger partial charge in [-0.15, -0.1) is 0 Å². The van der Waals surface area contributed by atoms with Crippen molar-refractivity contribution in [2.24, 2.45) is 0 Å². The number of piperidine rings is 1. The molecule has 4 aromatic rings. The van der Waals surface area contributed by atoms with E-state index in [0.29, 0.717) is 17.2 Å². The van der Waals surface area contributed by atoms with E-state index in [1.807, 2.05) is 31.2 Å². The Hall–Kier alpha value is -3.23. The first kappa shape index (κ1) is 18.8. The molecule has 0 amide bonds. The summed E-state index contributed by atoms with van der Waals surface area (Å²) in [7, 11) is 0. The van der Waals surface area contributed by atoms with Crippen molar-refractivity contribution >= 4 is 10.9 Å². The molecule has 0 saturated carbocycles. The zero-order valence-electron chi connectivity index (χ0n) is 16.8. The normalized spacial score (nSPS) is 16.1. The van der Waals surface area contributed by atoms with Gasteiger partial charge < -0.3 is 5.11 Å². The maximum atomic E-state index is 10.8. The zero-order valence-corrected chi connectivity index (χ0v) is 16.8. The van der Waals surface area contributed by atoms with Gasteiger partial charge in [0.25, 0.3) is 0 Å². The number of aryl methyl sites for hydroxylation is 1. The third-order valence-corrected chi connectivity index (χ3v) is 5.44. The third-order valence-electron chi connectivity index (χ3n) is 5.44. The SMILES string of the molecule is Cc1cncc(-c2cc3c(cn2)cnn3-c2cccc(C(O)N3CCCCC3)n2)n1. The maximum Gasteiger partial charge on any atom is 0.154 e. The van der Waals surface area contributed by atoms with Crippen molar-refractivity contribution in [1.29, 1.82) is 0 Å². The average Bonchev–Trinajstić information content (AvgIpc) is 3.22. The van der Waals surface area contributed by atoms with Crippen LogP contribution in [0.4, 0.5) is 0 Å². The second-order valence-electron chi connectivity index (χ2n) is 7.62. The van der Waals surface area contributed by atoms with Gasteiger partial charge >= 0.3 is 0 Å². The van der Waals surface area contributed by atoms with Crippen molar-refractivity contribution in [2.45, 2.75) is 32.4 Å². The van der Waals surface area contributed by atoms with E-state index in [2.05, 4.69) is 25.0 Å². The lowest BCUT2D eigenvalue weighted by Gasteiger charge is -2.30. The third kappa shape index (κ3) is 3.55. The molecule has 0 spiro atoms. The number of hydrogen-bond donors (Lipinski definition) is 1. The van der Waals surface area contributed by atoms with Crippen molar-refractivity contribution in [2.75, 3.05) is 13.1 Å². The molecule has 5 rings (SSSR count). The second kappa shape index (κ2) is 7.89. The Balaban J connectivity index is 1.52. The quantitative estimate of drug-likeness (QED) is 0.562. The minimum absolute atomic E-state index is 0.636. The summed E-state index contributed by atoms with van der Waals surface area (Å²) in [5, 5.41) is 16.2. The highest BCUT2D eigenvalue weighted by molar-refractivity contribution is 5.82. The number of nitrogens with zero attached hydrogens (tertiary/aromatic N) is 7. The maximum absolute atomic E-state index is 10.8. The van der Waals surface area contributed by atoms with E-state index in [4.69, 9.17) is 4.98 Å². The summed E-state index contributed by atoms with van der Waals surface area (Å²) in [5.74, 6) is 0.658. The first-order valence-electron chi connectivity index (χ1n) is 10.2. The van der Waals surface area contributed by atoms with Gasteiger partial charge in [-0.25, -0.2) is 14.6 Å². The molecule has 4 aromatic heterocycles. The van der Waals surface area contributed by atoms with Gasteiger partial charge in [-0.3, -0.25) is 14.9 Å². The molecule has 1 N–H and O–H groups in total. The molecule has 1 fully saturated rings. The van der Waals surface area contributed by atoms with Crippen LogP contribution < -0.4 is 0 Å². The number of rotatable bonds is 4. The summed E-state index contributed by atoms with van der Waals surface area (Å²) < 4.78 is 1.77. The lowest BCUT2D eigenvalue weighted by atomic mass is 10.1. The van der Waals surface area contributed by atoms with E-state index in [-0.39, 0.29) is 0 Å². The van der Waals surface area contributed by atoms with Crippen LogP contribution >= 0.6 is 0 Å². The van der Waals surface area contributed by atoms with E-state index in [9.17, 15) is 5.11 Å². The zero-order chi connectivity index (χ0) is 20.5. The number of pyridine rings is 2. The number of fused-ring (bicyclic) bond motifs is 1. The molecule has 1 aliphatic rings. The molecule has 5 heterocycles. The minimum Gasteiger partial charge on any atom is -0.372 e. The molecule has 8 heteroatoms. The monoisotopic (exact) mass is 401 g/mol. The standard InChI is InChI=1S/C22H23N7O/c1-15-11-23-14-19(26-15)18-10-20-16(12-24-18)13-25-29(20)21-7-5-6-17(27-21)22(30)28-8-3-2-4-9-28/h5-7,10-14,22,30H,2-4,8-9H2,1H3. The van der Waals surface area contributed by atoms with Crippen molar-refractivity contribution in [3.05, 3.63) is 60.4 Å². The van der Waals surface area contributed by atoms with Gasteiger partial charge in [-0.05, 0) is 38.0 Å². The average molecular weight is 401 g/mol. The van der Waals surface area contributed by atoms with Gasteiger partial charge in [0.2, 0.25) is 0 Å². The summed E-state index contributed by atoms with van der Waals surface area (Å²) in [6.07, 6.45) is 9.71. The second-order valence-corrected chi connectivity index (χ2v) is 7.62. The van der Waals surface area contributed by atoms with E-state index in [1.165, 1.54) is 6.42 Å². The van der Waals surface area contributed by atoms with Crippen LogP contribution in [0.3, 0.4) is 0 Å². The highest BCUT2D eigenvalue weighted by Crippen LogP contribution is 2.24. The molecule has 1 saturated heterocycles. The van der Waals surface area contributed by atoms with E-state index >= 15 is 0 Å². The van der Waals surface area contributed by atoms with Crippen LogP contribution in [-0.2, 0) is 0 Å². The van der Waals surface area contributed by atoms with Gasteiger partial charge in [0.05, 0.1) is 35.0 Å². The van der Waals surface area contributed by atoms with Gasteiger partial charge in [-0.2, -0.15) is 5.10 Å². The Kier molecular flexibility index (Phi) is 4.94. The minimum atomic E-state index is -0.702. The number of likely N-dealkylation sites (tertiary alicyclic amines) is 1. The Labute approximate surface area is 174 Å². The smallest absolute Gasteiger partial charge is 0.154 e. The van der Waals surface area contributed by atoms with Crippen LogP contribution in [0.1, 0.15) is 36.9 Å². The van der Waals surface area contributed by atoms with Crippen molar-refractivity contribution in [3.8, 4) is 17.2 Å². The van der Waals surface area contributed by atoms with Gasteiger partial charge in [0.15, 0.2) is 12.0 Å². The lowest BCUT2D eigenvalue weighted by Crippen LogP contribution is -2.34. The van der Waals surface area contributed by atoms with Crippen LogP contribution in [0.25, 0.3) is 28.1 Å².